The standard InChI is InChI=1S/C16H17NO5S/c1-4-10(18)13-9(3)12(16(20)21-5-2)15(23-13)17-14(19)11-7-6-8-22-11/h6-8H,4-5H2,1-3H3,(H,17,19). The van der Waals surface area contributed by atoms with Crippen molar-refractivity contribution in [3.8, 4) is 0 Å². The lowest BCUT2D eigenvalue weighted by Crippen LogP contribution is -2.14. The van der Waals surface area contributed by atoms with Crippen molar-refractivity contribution in [3.05, 3.63) is 40.2 Å². The topological polar surface area (TPSA) is 85.6 Å². The number of anilines is 1. The van der Waals surface area contributed by atoms with Gasteiger partial charge in [0.15, 0.2) is 11.5 Å². The summed E-state index contributed by atoms with van der Waals surface area (Å²) < 4.78 is 10.1. The predicted molar refractivity (Wildman–Crippen MR) is 86.3 cm³/mol. The van der Waals surface area contributed by atoms with Crippen LogP contribution in [0.25, 0.3) is 0 Å². The van der Waals surface area contributed by atoms with Gasteiger partial charge in [-0.1, -0.05) is 6.92 Å². The molecule has 2 heterocycles. The van der Waals surface area contributed by atoms with E-state index in [1.807, 2.05) is 0 Å². The normalized spacial score (nSPS) is 10.4. The lowest BCUT2D eigenvalue weighted by Gasteiger charge is -2.06. The number of ether oxygens (including phenoxy) is 1. The van der Waals surface area contributed by atoms with E-state index in [2.05, 4.69) is 5.32 Å². The van der Waals surface area contributed by atoms with Crippen molar-refractivity contribution in [1.82, 2.24) is 0 Å². The molecule has 0 saturated carbocycles. The van der Waals surface area contributed by atoms with Crippen molar-refractivity contribution in [2.24, 2.45) is 0 Å². The van der Waals surface area contributed by atoms with E-state index in [1.54, 1.807) is 26.8 Å². The molecule has 2 rings (SSSR count). The summed E-state index contributed by atoms with van der Waals surface area (Å²) in [7, 11) is 0. The number of hydrogen-bond donors (Lipinski definition) is 1. The maximum atomic E-state index is 12.2. The van der Waals surface area contributed by atoms with E-state index in [1.165, 1.54) is 12.3 Å². The Labute approximate surface area is 137 Å². The molecule has 0 unspecified atom stereocenters. The summed E-state index contributed by atoms with van der Waals surface area (Å²) in [5.74, 6) is -1.02. The molecule has 0 aliphatic heterocycles. The fraction of sp³-hybridized carbons (Fsp3) is 0.312. The minimum atomic E-state index is -0.564. The van der Waals surface area contributed by atoms with Crippen LogP contribution in [0.2, 0.25) is 0 Å². The van der Waals surface area contributed by atoms with Crippen LogP contribution in [0.15, 0.2) is 22.8 Å². The number of furan rings is 1. The van der Waals surface area contributed by atoms with Gasteiger partial charge in [-0.05, 0) is 31.5 Å². The van der Waals surface area contributed by atoms with Crippen molar-refractivity contribution < 1.29 is 23.5 Å². The Morgan fingerprint density at radius 1 is 1.30 bits per heavy atom. The average Bonchev–Trinajstić information content (AvgIpc) is 3.15. The molecule has 0 spiro atoms. The third-order valence-corrected chi connectivity index (χ3v) is 4.42. The molecule has 7 heteroatoms. The smallest absolute Gasteiger partial charge is 0.341 e. The number of thiophene rings is 1. The highest BCUT2D eigenvalue weighted by molar-refractivity contribution is 7.18. The molecule has 1 amide bonds. The van der Waals surface area contributed by atoms with Crippen LogP contribution in [-0.4, -0.2) is 24.3 Å². The molecule has 6 nitrogen and oxygen atoms in total. The fourth-order valence-corrected chi connectivity index (χ4v) is 3.25. The van der Waals surface area contributed by atoms with Gasteiger partial charge < -0.3 is 14.5 Å². The molecular formula is C16H17NO5S. The summed E-state index contributed by atoms with van der Waals surface area (Å²) in [6, 6.07) is 3.10. The molecule has 122 valence electrons. The zero-order valence-electron chi connectivity index (χ0n) is 13.1. The van der Waals surface area contributed by atoms with E-state index in [0.717, 1.165) is 11.3 Å². The second-order valence-corrected chi connectivity index (χ2v) is 5.71. The lowest BCUT2D eigenvalue weighted by molar-refractivity contribution is 0.0527. The third-order valence-electron chi connectivity index (χ3n) is 3.17. The van der Waals surface area contributed by atoms with Crippen molar-refractivity contribution >= 4 is 34.0 Å². The van der Waals surface area contributed by atoms with E-state index < -0.39 is 11.9 Å². The zero-order chi connectivity index (χ0) is 17.0. The molecular weight excluding hydrogens is 318 g/mol. The molecule has 0 atom stereocenters. The maximum Gasteiger partial charge on any atom is 0.341 e. The number of esters is 1. The van der Waals surface area contributed by atoms with Crippen LogP contribution in [0.1, 0.15) is 56.4 Å². The third kappa shape index (κ3) is 3.50. The average molecular weight is 335 g/mol. The van der Waals surface area contributed by atoms with Crippen molar-refractivity contribution in [2.45, 2.75) is 27.2 Å². The summed E-state index contributed by atoms with van der Waals surface area (Å²) in [6.45, 7) is 5.32. The Morgan fingerprint density at radius 3 is 2.61 bits per heavy atom. The summed E-state index contributed by atoms with van der Waals surface area (Å²) in [4.78, 5) is 36.8. The molecule has 0 aliphatic carbocycles. The highest BCUT2D eigenvalue weighted by Gasteiger charge is 2.26. The van der Waals surface area contributed by atoms with Gasteiger partial charge in [0.1, 0.15) is 5.00 Å². The van der Waals surface area contributed by atoms with E-state index in [-0.39, 0.29) is 23.7 Å². The molecule has 1 N–H and O–H groups in total. The molecule has 23 heavy (non-hydrogen) atoms. The van der Waals surface area contributed by atoms with Gasteiger partial charge in [-0.25, -0.2) is 4.79 Å². The molecule has 0 saturated heterocycles. The van der Waals surface area contributed by atoms with Crippen LogP contribution in [-0.2, 0) is 4.74 Å². The van der Waals surface area contributed by atoms with Gasteiger partial charge in [-0.2, -0.15) is 0 Å². The zero-order valence-corrected chi connectivity index (χ0v) is 13.9. The molecule has 0 radical (unpaired) electrons. The van der Waals surface area contributed by atoms with Crippen molar-refractivity contribution in [2.75, 3.05) is 11.9 Å². The second kappa shape index (κ2) is 7.23. The predicted octanol–water partition coefficient (Wildman–Crippen LogP) is 3.67. The summed E-state index contributed by atoms with van der Waals surface area (Å²) in [6.07, 6.45) is 1.70. The first-order valence-electron chi connectivity index (χ1n) is 7.18. The molecule has 0 aromatic carbocycles. The van der Waals surface area contributed by atoms with E-state index in [0.29, 0.717) is 21.9 Å². The highest BCUT2D eigenvalue weighted by Crippen LogP contribution is 2.34. The highest BCUT2D eigenvalue weighted by atomic mass is 32.1. The Bertz CT molecular complexity index is 730. The quantitative estimate of drug-likeness (QED) is 0.643. The summed E-state index contributed by atoms with van der Waals surface area (Å²) in [5.41, 5.74) is 0.739. The SMILES string of the molecule is CCOC(=O)c1c(NC(=O)c2ccco2)sc(C(=O)CC)c1C. The Kier molecular flexibility index (Phi) is 5.33. The van der Waals surface area contributed by atoms with Crippen LogP contribution < -0.4 is 5.32 Å². The molecule has 0 aliphatic rings. The van der Waals surface area contributed by atoms with Crippen molar-refractivity contribution in [1.29, 1.82) is 0 Å². The van der Waals surface area contributed by atoms with Gasteiger partial charge >= 0.3 is 5.97 Å². The molecule has 0 fully saturated rings. The van der Waals surface area contributed by atoms with E-state index in [9.17, 15) is 14.4 Å². The number of carbonyl (C=O) groups is 3. The fourth-order valence-electron chi connectivity index (χ4n) is 2.05. The Hall–Kier alpha value is -2.41. The maximum absolute atomic E-state index is 12.2. The van der Waals surface area contributed by atoms with Gasteiger partial charge in [0.2, 0.25) is 0 Å². The van der Waals surface area contributed by atoms with Crippen molar-refractivity contribution in [3.63, 3.8) is 0 Å². The number of carbonyl (C=O) groups excluding carboxylic acids is 3. The first-order valence-corrected chi connectivity index (χ1v) is 7.99. The number of hydrogen-bond acceptors (Lipinski definition) is 6. The summed E-state index contributed by atoms with van der Waals surface area (Å²) in [5, 5.41) is 2.92. The number of ketones is 1. The van der Waals surface area contributed by atoms with Gasteiger partial charge in [-0.15, -0.1) is 11.3 Å². The monoisotopic (exact) mass is 335 g/mol. The first-order chi connectivity index (χ1) is 11.0. The van der Waals surface area contributed by atoms with E-state index >= 15 is 0 Å². The minimum Gasteiger partial charge on any atom is -0.462 e. The lowest BCUT2D eigenvalue weighted by atomic mass is 10.1. The second-order valence-electron chi connectivity index (χ2n) is 4.69. The largest absolute Gasteiger partial charge is 0.462 e. The van der Waals surface area contributed by atoms with Gasteiger partial charge in [-0.3, -0.25) is 9.59 Å². The Balaban J connectivity index is 2.42. The van der Waals surface area contributed by atoms with Crippen LogP contribution in [0, 0.1) is 6.92 Å². The van der Waals surface area contributed by atoms with Gasteiger partial charge in [0.25, 0.3) is 5.91 Å². The summed E-state index contributed by atoms with van der Waals surface area (Å²) >= 11 is 1.07. The van der Waals surface area contributed by atoms with Crippen LogP contribution >= 0.6 is 11.3 Å². The Morgan fingerprint density at radius 2 is 2.04 bits per heavy atom. The number of Topliss-reactive ketones (excluding diaryl/α,β-unsaturated/α-hetero) is 1. The van der Waals surface area contributed by atoms with Crippen LogP contribution in [0.5, 0.6) is 0 Å². The van der Waals surface area contributed by atoms with Crippen LogP contribution in [0.3, 0.4) is 0 Å². The number of nitrogens with one attached hydrogen (secondary N) is 1. The molecule has 0 bridgehead atoms. The van der Waals surface area contributed by atoms with Crippen LogP contribution in [0.4, 0.5) is 5.00 Å². The molecule has 2 aromatic rings. The number of amides is 1. The van der Waals surface area contributed by atoms with Gasteiger partial charge in [0.05, 0.1) is 23.3 Å². The molecule has 2 aromatic heterocycles. The minimum absolute atomic E-state index is 0.0865. The first kappa shape index (κ1) is 17.0. The van der Waals surface area contributed by atoms with Gasteiger partial charge in [0, 0.05) is 6.42 Å². The number of rotatable bonds is 6. The van der Waals surface area contributed by atoms with E-state index in [4.69, 9.17) is 9.15 Å².